The molecule has 2 fully saturated rings. The second-order valence-corrected chi connectivity index (χ2v) is 11.5. The maximum Gasteiger partial charge on any atom is 0.165 e. The first-order valence-corrected chi connectivity index (χ1v) is 12.8. The maximum atomic E-state index is 14.4. The molecule has 0 bridgehead atoms. The molecule has 2 nitrogen and oxygen atoms in total. The van der Waals surface area contributed by atoms with Crippen molar-refractivity contribution in [3.05, 3.63) is 29.6 Å². The molecule has 0 amide bonds. The topological polar surface area (TPSA) is 18.5 Å². The summed E-state index contributed by atoms with van der Waals surface area (Å²) < 4.78 is 26.3. The lowest BCUT2D eigenvalue weighted by molar-refractivity contribution is -0.0207. The molecule has 0 heterocycles. The van der Waals surface area contributed by atoms with E-state index in [1.165, 1.54) is 64.2 Å². The van der Waals surface area contributed by atoms with Crippen LogP contribution in [0.5, 0.6) is 5.75 Å². The number of halogens is 1. The molecule has 2 saturated carbocycles. The van der Waals surface area contributed by atoms with Crippen molar-refractivity contribution in [2.75, 3.05) is 6.61 Å². The van der Waals surface area contributed by atoms with Crippen LogP contribution >= 0.6 is 0 Å². The van der Waals surface area contributed by atoms with Crippen molar-refractivity contribution in [2.24, 2.45) is 17.8 Å². The third-order valence-electron chi connectivity index (χ3n) is 7.48. The van der Waals surface area contributed by atoms with E-state index >= 15 is 0 Å². The van der Waals surface area contributed by atoms with E-state index in [1.807, 2.05) is 12.1 Å². The summed E-state index contributed by atoms with van der Waals surface area (Å²) in [7, 11) is 0. The highest BCUT2D eigenvalue weighted by Crippen LogP contribution is 2.36. The summed E-state index contributed by atoms with van der Waals surface area (Å²) in [6, 6.07) is 5.44. The van der Waals surface area contributed by atoms with E-state index in [4.69, 9.17) is 9.47 Å². The Hall–Kier alpha value is -1.09. The minimum absolute atomic E-state index is 0.0427. The summed E-state index contributed by atoms with van der Waals surface area (Å²) in [6.45, 7) is 11.3. The largest absolute Gasteiger partial charge is 0.490 e. The summed E-state index contributed by atoms with van der Waals surface area (Å²) in [4.78, 5) is 0. The van der Waals surface area contributed by atoms with Gasteiger partial charge in [0, 0.05) is 0 Å². The van der Waals surface area contributed by atoms with Gasteiger partial charge in [0.05, 0.1) is 18.8 Å². The van der Waals surface area contributed by atoms with Crippen molar-refractivity contribution in [1.29, 1.82) is 0 Å². The number of hydrogen-bond donors (Lipinski definition) is 0. The molecular formula is C28H45FO2. The molecule has 0 N–H and O–H groups in total. The average Bonchev–Trinajstić information content (AvgIpc) is 2.72. The fourth-order valence-electron chi connectivity index (χ4n) is 5.39. The SMILES string of the molecule is CC(C)OC1CCC(CCC2CCC(COc3ccc(C(C)(C)C)cc3F)CC2)CC1. The lowest BCUT2D eigenvalue weighted by Crippen LogP contribution is -2.25. The second kappa shape index (κ2) is 11.2. The van der Waals surface area contributed by atoms with Gasteiger partial charge in [-0.3, -0.25) is 0 Å². The fourth-order valence-corrected chi connectivity index (χ4v) is 5.39. The van der Waals surface area contributed by atoms with Gasteiger partial charge in [-0.05, 0) is 93.2 Å². The first-order chi connectivity index (χ1) is 14.7. The summed E-state index contributed by atoms with van der Waals surface area (Å²) in [6.07, 6.45) is 13.9. The molecule has 3 rings (SSSR count). The molecule has 0 atom stereocenters. The van der Waals surface area contributed by atoms with Gasteiger partial charge in [0.25, 0.3) is 0 Å². The van der Waals surface area contributed by atoms with Crippen LogP contribution in [0.15, 0.2) is 18.2 Å². The van der Waals surface area contributed by atoms with Crippen LogP contribution in [0.2, 0.25) is 0 Å². The van der Waals surface area contributed by atoms with Crippen LogP contribution in [0.3, 0.4) is 0 Å². The van der Waals surface area contributed by atoms with Crippen molar-refractivity contribution in [2.45, 2.75) is 116 Å². The summed E-state index contributed by atoms with van der Waals surface area (Å²) in [5.74, 6) is 2.54. The van der Waals surface area contributed by atoms with E-state index < -0.39 is 0 Å². The van der Waals surface area contributed by atoms with E-state index in [2.05, 4.69) is 34.6 Å². The van der Waals surface area contributed by atoms with Crippen molar-refractivity contribution in [3.63, 3.8) is 0 Å². The van der Waals surface area contributed by atoms with Gasteiger partial charge in [0.15, 0.2) is 11.6 Å². The number of benzene rings is 1. The van der Waals surface area contributed by atoms with E-state index in [1.54, 1.807) is 6.07 Å². The molecule has 0 aromatic heterocycles. The molecule has 0 spiro atoms. The minimum atomic E-state index is -0.227. The smallest absolute Gasteiger partial charge is 0.165 e. The highest BCUT2D eigenvalue weighted by atomic mass is 19.1. The maximum absolute atomic E-state index is 14.4. The standard InChI is InChI=1S/C28H45FO2/c1-20(2)31-25-15-12-22(13-16-25)7-6-21-8-10-23(11-9-21)19-30-27-17-14-24(18-26(27)29)28(3,4)5/h14,17-18,20-23,25H,6-13,15-16,19H2,1-5H3. The molecule has 1 aromatic carbocycles. The second-order valence-electron chi connectivity index (χ2n) is 11.5. The average molecular weight is 433 g/mol. The highest BCUT2D eigenvalue weighted by molar-refractivity contribution is 5.32. The molecule has 0 unspecified atom stereocenters. The first kappa shape index (κ1) is 24.6. The Morgan fingerprint density at radius 1 is 0.871 bits per heavy atom. The van der Waals surface area contributed by atoms with Crippen LogP contribution in [0.25, 0.3) is 0 Å². The van der Waals surface area contributed by atoms with Crippen LogP contribution in [0, 0.1) is 23.6 Å². The molecular weight excluding hydrogens is 387 g/mol. The van der Waals surface area contributed by atoms with E-state index in [0.717, 1.165) is 17.4 Å². The quantitative estimate of drug-likeness (QED) is 0.413. The van der Waals surface area contributed by atoms with E-state index in [-0.39, 0.29) is 11.2 Å². The lowest BCUT2D eigenvalue weighted by Gasteiger charge is -2.32. The van der Waals surface area contributed by atoms with Crippen LogP contribution in [-0.2, 0) is 10.2 Å². The lowest BCUT2D eigenvalue weighted by atomic mass is 9.77. The Morgan fingerprint density at radius 2 is 1.42 bits per heavy atom. The number of ether oxygens (including phenoxy) is 2. The van der Waals surface area contributed by atoms with Gasteiger partial charge in [-0.2, -0.15) is 0 Å². The van der Waals surface area contributed by atoms with Gasteiger partial charge < -0.3 is 9.47 Å². The first-order valence-electron chi connectivity index (χ1n) is 12.8. The molecule has 0 radical (unpaired) electrons. The van der Waals surface area contributed by atoms with Crippen LogP contribution in [-0.4, -0.2) is 18.8 Å². The Kier molecular flexibility index (Phi) is 8.84. The van der Waals surface area contributed by atoms with Crippen molar-refractivity contribution < 1.29 is 13.9 Å². The van der Waals surface area contributed by atoms with E-state index in [0.29, 0.717) is 30.5 Å². The van der Waals surface area contributed by atoms with Crippen LogP contribution < -0.4 is 4.74 Å². The molecule has 0 saturated heterocycles. The van der Waals surface area contributed by atoms with Gasteiger partial charge in [-0.25, -0.2) is 4.39 Å². The van der Waals surface area contributed by atoms with Crippen molar-refractivity contribution in [1.82, 2.24) is 0 Å². The Balaban J connectivity index is 1.32. The third kappa shape index (κ3) is 7.77. The van der Waals surface area contributed by atoms with Crippen molar-refractivity contribution >= 4 is 0 Å². The highest BCUT2D eigenvalue weighted by Gasteiger charge is 2.26. The summed E-state index contributed by atoms with van der Waals surface area (Å²) in [5, 5.41) is 0. The van der Waals surface area contributed by atoms with Gasteiger partial charge in [-0.1, -0.05) is 52.5 Å². The molecule has 0 aliphatic heterocycles. The van der Waals surface area contributed by atoms with Crippen LogP contribution in [0.1, 0.15) is 104 Å². The third-order valence-corrected chi connectivity index (χ3v) is 7.48. The zero-order valence-electron chi connectivity index (χ0n) is 20.6. The minimum Gasteiger partial charge on any atom is -0.490 e. The number of rotatable bonds is 8. The monoisotopic (exact) mass is 432 g/mol. The zero-order valence-corrected chi connectivity index (χ0v) is 20.6. The van der Waals surface area contributed by atoms with Crippen molar-refractivity contribution in [3.8, 4) is 5.75 Å². The Morgan fingerprint density at radius 3 is 1.94 bits per heavy atom. The zero-order chi connectivity index (χ0) is 22.4. The molecule has 3 heteroatoms. The fraction of sp³-hybridized carbons (Fsp3) is 0.786. The normalized spacial score (nSPS) is 27.5. The summed E-state index contributed by atoms with van der Waals surface area (Å²) >= 11 is 0. The summed E-state index contributed by atoms with van der Waals surface area (Å²) in [5.41, 5.74) is 0.970. The van der Waals surface area contributed by atoms with Crippen LogP contribution in [0.4, 0.5) is 4.39 Å². The van der Waals surface area contributed by atoms with Gasteiger partial charge in [0.2, 0.25) is 0 Å². The Bertz CT molecular complexity index is 662. The van der Waals surface area contributed by atoms with E-state index in [9.17, 15) is 4.39 Å². The number of hydrogen-bond acceptors (Lipinski definition) is 2. The van der Waals surface area contributed by atoms with Gasteiger partial charge >= 0.3 is 0 Å². The predicted molar refractivity (Wildman–Crippen MR) is 127 cm³/mol. The molecule has 2 aliphatic rings. The predicted octanol–water partition coefficient (Wildman–Crippen LogP) is 8.07. The Labute approximate surface area is 190 Å². The molecule has 176 valence electrons. The molecule has 2 aliphatic carbocycles. The van der Waals surface area contributed by atoms with Gasteiger partial charge in [-0.15, -0.1) is 0 Å². The molecule has 1 aromatic rings. The van der Waals surface area contributed by atoms with Gasteiger partial charge in [0.1, 0.15) is 0 Å². The molecule has 31 heavy (non-hydrogen) atoms.